The second-order valence-corrected chi connectivity index (χ2v) is 3.15. The van der Waals surface area contributed by atoms with Crippen molar-refractivity contribution in [3.63, 3.8) is 0 Å². The fourth-order valence-corrected chi connectivity index (χ4v) is 1.55. The molecule has 0 aromatic rings. The first-order chi connectivity index (χ1) is 5.71. The number of carboxylic acid groups (broad SMARTS) is 1. The molecule has 1 aliphatic heterocycles. The maximum Gasteiger partial charge on any atom is 0.324 e. The molecule has 12 heavy (non-hydrogen) atoms. The van der Waals surface area contributed by atoms with Gasteiger partial charge in [-0.1, -0.05) is 0 Å². The lowest BCUT2D eigenvalue weighted by molar-refractivity contribution is -0.145. The molecule has 1 rings (SSSR count). The lowest BCUT2D eigenvalue weighted by Crippen LogP contribution is -2.54. The molecule has 0 aromatic carbocycles. The summed E-state index contributed by atoms with van der Waals surface area (Å²) >= 11 is 0. The highest BCUT2D eigenvalue weighted by atomic mass is 16.4. The number of hydrogen-bond acceptors (Lipinski definition) is 2. The van der Waals surface area contributed by atoms with Gasteiger partial charge in [-0.15, -0.1) is 12.3 Å². The van der Waals surface area contributed by atoms with Crippen LogP contribution in [0.3, 0.4) is 0 Å². The molecule has 1 unspecified atom stereocenters. The molecule has 1 fully saturated rings. The molecule has 0 spiro atoms. The van der Waals surface area contributed by atoms with Gasteiger partial charge >= 0.3 is 5.97 Å². The number of piperidine rings is 1. The molecule has 1 atom stereocenters. The molecule has 1 aliphatic rings. The molecule has 0 amide bonds. The third-order valence-corrected chi connectivity index (χ3v) is 2.31. The Labute approximate surface area is 72.2 Å². The predicted molar refractivity (Wildman–Crippen MR) is 45.7 cm³/mol. The number of rotatable bonds is 2. The molecule has 0 radical (unpaired) electrons. The lowest BCUT2D eigenvalue weighted by atomic mass is 9.86. The van der Waals surface area contributed by atoms with Crippen molar-refractivity contribution < 1.29 is 9.90 Å². The van der Waals surface area contributed by atoms with Crippen molar-refractivity contribution in [2.75, 3.05) is 6.54 Å². The van der Waals surface area contributed by atoms with E-state index in [1.54, 1.807) is 0 Å². The highest BCUT2D eigenvalue weighted by molar-refractivity contribution is 5.79. The van der Waals surface area contributed by atoms with Crippen LogP contribution in [0.4, 0.5) is 0 Å². The Kier molecular flexibility index (Phi) is 2.72. The smallest absolute Gasteiger partial charge is 0.324 e. The maximum absolute atomic E-state index is 10.9. The summed E-state index contributed by atoms with van der Waals surface area (Å²) < 4.78 is 0. The van der Waals surface area contributed by atoms with E-state index in [-0.39, 0.29) is 6.42 Å². The Balaban J connectivity index is 2.71. The quantitative estimate of drug-likeness (QED) is 0.592. The third kappa shape index (κ3) is 1.59. The van der Waals surface area contributed by atoms with Crippen molar-refractivity contribution in [3.05, 3.63) is 0 Å². The van der Waals surface area contributed by atoms with Crippen LogP contribution in [-0.4, -0.2) is 23.2 Å². The summed E-state index contributed by atoms with van der Waals surface area (Å²) in [5.74, 6) is 1.60. The Morgan fingerprint density at radius 3 is 2.83 bits per heavy atom. The first-order valence-electron chi connectivity index (χ1n) is 4.13. The van der Waals surface area contributed by atoms with Crippen LogP contribution in [0.1, 0.15) is 25.7 Å². The lowest BCUT2D eigenvalue weighted by Gasteiger charge is -2.32. The maximum atomic E-state index is 10.9. The molecule has 0 aromatic heterocycles. The molecular weight excluding hydrogens is 154 g/mol. The SMILES string of the molecule is C#CCC1(C(=O)O)CCCCN1. The van der Waals surface area contributed by atoms with Crippen LogP contribution in [-0.2, 0) is 4.79 Å². The normalized spacial score (nSPS) is 29.2. The van der Waals surface area contributed by atoms with Crippen molar-refractivity contribution in [2.24, 2.45) is 0 Å². The van der Waals surface area contributed by atoms with Gasteiger partial charge in [0.15, 0.2) is 0 Å². The van der Waals surface area contributed by atoms with Crippen molar-refractivity contribution in [1.82, 2.24) is 5.32 Å². The van der Waals surface area contributed by atoms with Crippen LogP contribution < -0.4 is 5.32 Å². The summed E-state index contributed by atoms with van der Waals surface area (Å²) in [7, 11) is 0. The zero-order chi connectivity index (χ0) is 9.03. The first kappa shape index (κ1) is 9.08. The van der Waals surface area contributed by atoms with E-state index in [0.717, 1.165) is 19.4 Å². The first-order valence-corrected chi connectivity index (χ1v) is 4.13. The Morgan fingerprint density at radius 2 is 2.42 bits per heavy atom. The highest BCUT2D eigenvalue weighted by Gasteiger charge is 2.38. The summed E-state index contributed by atoms with van der Waals surface area (Å²) in [5, 5.41) is 12.0. The van der Waals surface area contributed by atoms with Crippen LogP contribution in [0.5, 0.6) is 0 Å². The fraction of sp³-hybridized carbons (Fsp3) is 0.667. The van der Waals surface area contributed by atoms with Gasteiger partial charge in [0, 0.05) is 6.42 Å². The van der Waals surface area contributed by atoms with E-state index in [4.69, 9.17) is 11.5 Å². The average Bonchev–Trinajstić information content (AvgIpc) is 2.06. The van der Waals surface area contributed by atoms with E-state index in [1.807, 2.05) is 0 Å². The van der Waals surface area contributed by atoms with Crippen molar-refractivity contribution in [1.29, 1.82) is 0 Å². The molecule has 0 aliphatic carbocycles. The second-order valence-electron chi connectivity index (χ2n) is 3.15. The van der Waals surface area contributed by atoms with Gasteiger partial charge in [0.25, 0.3) is 0 Å². The zero-order valence-corrected chi connectivity index (χ0v) is 6.97. The minimum atomic E-state index is -0.840. The largest absolute Gasteiger partial charge is 0.480 e. The van der Waals surface area contributed by atoms with Gasteiger partial charge in [-0.2, -0.15) is 0 Å². The molecule has 0 saturated carbocycles. The zero-order valence-electron chi connectivity index (χ0n) is 6.97. The Bertz CT molecular complexity index is 211. The fourth-order valence-electron chi connectivity index (χ4n) is 1.55. The standard InChI is InChI=1S/C9H13NO2/c1-2-5-9(8(11)12)6-3-4-7-10-9/h1,10H,3-7H2,(H,11,12). The van der Waals surface area contributed by atoms with E-state index in [0.29, 0.717) is 6.42 Å². The number of terminal acetylenes is 1. The van der Waals surface area contributed by atoms with Crippen molar-refractivity contribution in [2.45, 2.75) is 31.2 Å². The second kappa shape index (κ2) is 3.59. The molecule has 2 N–H and O–H groups in total. The van der Waals surface area contributed by atoms with Crippen LogP contribution in [0, 0.1) is 12.3 Å². The summed E-state index contributed by atoms with van der Waals surface area (Å²) in [5.41, 5.74) is -0.840. The van der Waals surface area contributed by atoms with E-state index in [2.05, 4.69) is 11.2 Å². The number of aliphatic carboxylic acids is 1. The molecule has 0 bridgehead atoms. The van der Waals surface area contributed by atoms with Crippen LogP contribution in [0.25, 0.3) is 0 Å². The van der Waals surface area contributed by atoms with Crippen LogP contribution in [0.2, 0.25) is 0 Å². The molecule has 1 heterocycles. The van der Waals surface area contributed by atoms with E-state index < -0.39 is 11.5 Å². The van der Waals surface area contributed by atoms with Gasteiger partial charge in [-0.25, -0.2) is 0 Å². The van der Waals surface area contributed by atoms with E-state index in [1.165, 1.54) is 0 Å². The molecule has 1 saturated heterocycles. The van der Waals surface area contributed by atoms with Gasteiger partial charge in [-0.05, 0) is 25.8 Å². The monoisotopic (exact) mass is 167 g/mol. The molecule has 3 heteroatoms. The highest BCUT2D eigenvalue weighted by Crippen LogP contribution is 2.22. The number of carboxylic acids is 1. The summed E-state index contributed by atoms with van der Waals surface area (Å²) in [6.45, 7) is 0.758. The van der Waals surface area contributed by atoms with E-state index >= 15 is 0 Å². The van der Waals surface area contributed by atoms with Gasteiger partial charge in [-0.3, -0.25) is 4.79 Å². The number of hydrogen-bond donors (Lipinski definition) is 2. The number of carbonyl (C=O) groups is 1. The average molecular weight is 167 g/mol. The number of nitrogens with one attached hydrogen (secondary N) is 1. The molecule has 66 valence electrons. The van der Waals surface area contributed by atoms with Crippen molar-refractivity contribution in [3.8, 4) is 12.3 Å². The van der Waals surface area contributed by atoms with Crippen LogP contribution >= 0.6 is 0 Å². The van der Waals surface area contributed by atoms with Gasteiger partial charge in [0.1, 0.15) is 5.54 Å². The van der Waals surface area contributed by atoms with Crippen LogP contribution in [0.15, 0.2) is 0 Å². The van der Waals surface area contributed by atoms with E-state index in [9.17, 15) is 4.79 Å². The predicted octanol–water partition coefficient (Wildman–Crippen LogP) is 0.607. The molecule has 3 nitrogen and oxygen atoms in total. The molecular formula is C9H13NO2. The summed E-state index contributed by atoms with van der Waals surface area (Å²) in [6, 6.07) is 0. The summed E-state index contributed by atoms with van der Waals surface area (Å²) in [6.07, 6.45) is 8.04. The summed E-state index contributed by atoms with van der Waals surface area (Å²) in [4.78, 5) is 10.9. The van der Waals surface area contributed by atoms with Gasteiger partial charge in [0.05, 0.1) is 0 Å². The Hall–Kier alpha value is -1.01. The topological polar surface area (TPSA) is 49.3 Å². The van der Waals surface area contributed by atoms with Gasteiger partial charge < -0.3 is 10.4 Å². The minimum absolute atomic E-state index is 0.280. The third-order valence-electron chi connectivity index (χ3n) is 2.31. The van der Waals surface area contributed by atoms with Gasteiger partial charge in [0.2, 0.25) is 0 Å². The minimum Gasteiger partial charge on any atom is -0.480 e. The Morgan fingerprint density at radius 1 is 1.67 bits per heavy atom. The van der Waals surface area contributed by atoms with Crippen molar-refractivity contribution >= 4 is 5.97 Å².